The van der Waals surface area contributed by atoms with Crippen LogP contribution in [0.25, 0.3) is 0 Å². The Balaban J connectivity index is 6.50. The van der Waals surface area contributed by atoms with Gasteiger partial charge in [0.25, 0.3) is 0 Å². The Morgan fingerprint density at radius 2 is 0.778 bits per heavy atom. The van der Waals surface area contributed by atoms with Crippen molar-refractivity contribution in [1.82, 2.24) is 47.9 Å². The number of guanidine groups is 1. The summed E-state index contributed by atoms with van der Waals surface area (Å²) in [5, 5.41) is 62.9. The molecule has 0 aliphatic heterocycles. The fourth-order valence-electron chi connectivity index (χ4n) is 7.99. The second-order valence-electron chi connectivity index (χ2n) is 21.8. The van der Waals surface area contributed by atoms with Gasteiger partial charge in [0.2, 0.25) is 59.1 Å². The van der Waals surface area contributed by atoms with Crippen LogP contribution < -0.4 is 76.5 Å². The van der Waals surface area contributed by atoms with Gasteiger partial charge in [-0.05, 0) is 101 Å². The number of unbranched alkanes of at least 4 members (excludes halogenated alkanes) is 1. The largest absolute Gasteiger partial charge is 0.480 e. The predicted octanol–water partition coefficient (Wildman–Crippen LogP) is -5.24. The van der Waals surface area contributed by atoms with E-state index in [0.29, 0.717) is 12.8 Å². The number of aliphatic hydroxyl groups is 3. The van der Waals surface area contributed by atoms with E-state index in [1.54, 1.807) is 55.4 Å². The molecule has 0 radical (unpaired) electrons. The van der Waals surface area contributed by atoms with E-state index in [1.165, 1.54) is 0 Å². The summed E-state index contributed by atoms with van der Waals surface area (Å²) >= 11 is 0. The van der Waals surface area contributed by atoms with Crippen molar-refractivity contribution < 1.29 is 73.2 Å². The molecule has 0 saturated carbocycles. The highest BCUT2D eigenvalue weighted by molar-refractivity contribution is 5.98. The molecule has 0 heterocycles. The number of carboxylic acid groups (broad SMARTS) is 1. The van der Waals surface area contributed by atoms with E-state index in [-0.39, 0.29) is 94.1 Å². The van der Waals surface area contributed by atoms with Crippen LogP contribution in [0.1, 0.15) is 133 Å². The molecule has 30 nitrogen and oxygen atoms in total. The standard InChI is InChI=1S/C51H95N15O15/c1-25(2)19-33(60-45(75)34(20-26(3)4)62-47(77)37(23-67)64-41(71)30(53)13-12-18-57-51(55)56)44(74)61-35(21-27(5)6)46(76)65-38(24-68)48(78)66-40(29(9)69)49(79)59-31(14-10-11-17-52)42(72)58-32(15-16-39(54)70)43(73)63-36(50(80)81)22-28(7)8/h25-38,40,67-69H,10-24,52-53H2,1-9H3,(H2,54,70)(H,58,72)(H,59,79)(H,60,75)(H,61,74)(H,62,77)(H,63,73)(H,64,71)(H,65,76)(H,66,78)(H,80,81)(H4,55,56,57)/t29-,30+,31+,32+,33+,34+,35+,36+,37+,38+,40+/m1/s1. The molecule has 464 valence electrons. The van der Waals surface area contributed by atoms with Gasteiger partial charge in [-0.3, -0.25) is 52.9 Å². The molecule has 81 heavy (non-hydrogen) atoms. The van der Waals surface area contributed by atoms with Crippen LogP contribution in [0.2, 0.25) is 0 Å². The van der Waals surface area contributed by atoms with Crippen molar-refractivity contribution in [3.8, 4) is 0 Å². The zero-order valence-electron chi connectivity index (χ0n) is 48.4. The molecule has 0 bridgehead atoms. The molecule has 0 spiro atoms. The lowest BCUT2D eigenvalue weighted by Gasteiger charge is -2.29. The Morgan fingerprint density at radius 3 is 1.16 bits per heavy atom. The van der Waals surface area contributed by atoms with Gasteiger partial charge in [-0.25, -0.2) is 4.79 Å². The lowest BCUT2D eigenvalue weighted by molar-refractivity contribution is -0.143. The molecule has 0 aliphatic rings. The predicted molar refractivity (Wildman–Crippen MR) is 298 cm³/mol. The van der Waals surface area contributed by atoms with E-state index >= 15 is 0 Å². The molecule has 30 heteroatoms. The second kappa shape index (κ2) is 38.8. The van der Waals surface area contributed by atoms with Crippen LogP contribution in [0.3, 0.4) is 0 Å². The molecule has 0 aromatic heterocycles. The van der Waals surface area contributed by atoms with E-state index in [9.17, 15) is 73.2 Å². The molecule has 0 aromatic carbocycles. The Hall–Kier alpha value is -6.76. The van der Waals surface area contributed by atoms with Crippen LogP contribution in [0.5, 0.6) is 0 Å². The van der Waals surface area contributed by atoms with Gasteiger partial charge >= 0.3 is 5.97 Å². The van der Waals surface area contributed by atoms with Gasteiger partial charge in [-0.15, -0.1) is 0 Å². The molecule has 0 fully saturated rings. The van der Waals surface area contributed by atoms with Crippen LogP contribution in [0.4, 0.5) is 0 Å². The maximum atomic E-state index is 14.1. The highest BCUT2D eigenvalue weighted by Crippen LogP contribution is 2.13. The van der Waals surface area contributed by atoms with Crippen LogP contribution in [0, 0.1) is 23.7 Å². The van der Waals surface area contributed by atoms with Gasteiger partial charge in [0.15, 0.2) is 5.96 Å². The Bertz CT molecular complexity index is 2090. The fraction of sp³-hybridized carbons (Fsp3) is 0.765. The normalized spacial score (nSPS) is 15.4. The molecule has 0 aliphatic carbocycles. The number of carbonyl (C=O) groups excluding carboxylic acids is 10. The molecule has 0 rings (SSSR count). The number of aliphatic imine (C=N–C) groups is 1. The Kier molecular flexibility index (Phi) is 35.6. The Labute approximate surface area is 473 Å². The first-order valence-electron chi connectivity index (χ1n) is 27.4. The van der Waals surface area contributed by atoms with Crippen LogP contribution in [-0.4, -0.2) is 184 Å². The molecule has 10 amide bonds. The third-order valence-corrected chi connectivity index (χ3v) is 12.2. The van der Waals surface area contributed by atoms with Gasteiger partial charge in [-0.2, -0.15) is 0 Å². The van der Waals surface area contributed by atoms with E-state index in [1.807, 2.05) is 0 Å². The van der Waals surface area contributed by atoms with Crippen molar-refractivity contribution in [2.75, 3.05) is 26.3 Å². The van der Waals surface area contributed by atoms with Gasteiger partial charge in [0.1, 0.15) is 54.4 Å². The smallest absolute Gasteiger partial charge is 0.326 e. The lowest BCUT2D eigenvalue weighted by Crippen LogP contribution is -2.62. The summed E-state index contributed by atoms with van der Waals surface area (Å²) < 4.78 is 0. The highest BCUT2D eigenvalue weighted by atomic mass is 16.4. The van der Waals surface area contributed by atoms with Crippen molar-refractivity contribution in [2.24, 2.45) is 57.3 Å². The highest BCUT2D eigenvalue weighted by Gasteiger charge is 2.37. The summed E-state index contributed by atoms with van der Waals surface area (Å²) in [5.74, 6) is -11.7. The minimum atomic E-state index is -1.84. The fourth-order valence-corrected chi connectivity index (χ4v) is 7.99. The Morgan fingerprint density at radius 1 is 0.432 bits per heavy atom. The quantitative estimate of drug-likeness (QED) is 0.0155. The third kappa shape index (κ3) is 30.6. The number of nitrogens with zero attached hydrogens (tertiary/aromatic N) is 1. The minimum absolute atomic E-state index is 0.0309. The first kappa shape index (κ1) is 74.2. The molecular formula is C51H95N15O15. The number of hydrogen-bond acceptors (Lipinski definition) is 17. The molecular weight excluding hydrogens is 1060 g/mol. The number of aliphatic hydroxyl groups excluding tert-OH is 3. The number of nitrogens with two attached hydrogens (primary N) is 5. The van der Waals surface area contributed by atoms with Crippen molar-refractivity contribution >= 4 is 71.0 Å². The molecule has 0 unspecified atom stereocenters. The summed E-state index contributed by atoms with van der Waals surface area (Å²) in [4.78, 5) is 150. The van der Waals surface area contributed by atoms with E-state index in [2.05, 4.69) is 52.8 Å². The second-order valence-corrected chi connectivity index (χ2v) is 21.8. The van der Waals surface area contributed by atoms with Gasteiger partial charge in [-0.1, -0.05) is 55.4 Å². The number of aliphatic carboxylic acids is 1. The third-order valence-electron chi connectivity index (χ3n) is 12.2. The first-order valence-corrected chi connectivity index (χ1v) is 27.4. The number of rotatable bonds is 41. The maximum Gasteiger partial charge on any atom is 0.326 e. The average molecular weight is 1160 g/mol. The summed E-state index contributed by atoms with van der Waals surface area (Å²) in [5.41, 5.74) is 27.6. The lowest BCUT2D eigenvalue weighted by atomic mass is 9.98. The van der Waals surface area contributed by atoms with Crippen molar-refractivity contribution in [1.29, 1.82) is 0 Å². The monoisotopic (exact) mass is 1160 g/mol. The molecule has 23 N–H and O–H groups in total. The number of primary amides is 1. The average Bonchev–Trinajstić information content (AvgIpc) is 3.36. The van der Waals surface area contributed by atoms with E-state index < -0.39 is 151 Å². The van der Waals surface area contributed by atoms with E-state index in [4.69, 9.17) is 28.7 Å². The number of amides is 10. The van der Waals surface area contributed by atoms with E-state index in [0.717, 1.165) is 6.92 Å². The van der Waals surface area contributed by atoms with Crippen LogP contribution in [0.15, 0.2) is 4.99 Å². The van der Waals surface area contributed by atoms with Gasteiger partial charge in [0.05, 0.1) is 25.4 Å². The molecule has 11 atom stereocenters. The topological polar surface area (TPSA) is 519 Å². The van der Waals surface area contributed by atoms with Crippen molar-refractivity contribution in [3.05, 3.63) is 0 Å². The molecule has 0 aromatic rings. The van der Waals surface area contributed by atoms with Gasteiger partial charge in [0, 0.05) is 13.0 Å². The van der Waals surface area contributed by atoms with Crippen LogP contribution >= 0.6 is 0 Å². The summed E-state index contributed by atoms with van der Waals surface area (Å²) in [7, 11) is 0. The van der Waals surface area contributed by atoms with Crippen LogP contribution in [-0.2, 0) is 52.7 Å². The zero-order valence-corrected chi connectivity index (χ0v) is 48.4. The number of nitrogens with one attached hydrogen (secondary N) is 9. The number of hydrogen-bond donors (Lipinski definition) is 18. The molecule has 0 saturated heterocycles. The maximum absolute atomic E-state index is 14.1. The SMILES string of the molecule is CC(C)C[C@H](NC(=O)[C@H](CCC(N)=O)NC(=O)[C@H](CCCCN)NC(=O)[C@@H](NC(=O)[C@H](CO)NC(=O)[C@H](CC(C)C)NC(=O)[C@H](CC(C)C)NC(=O)[C@H](CC(C)C)NC(=O)[C@H](CO)NC(=O)[C@@H](N)CCCN=C(N)N)[C@@H](C)O)C(=O)O. The van der Waals surface area contributed by atoms with Crippen molar-refractivity contribution in [3.63, 3.8) is 0 Å². The minimum Gasteiger partial charge on any atom is -0.480 e. The van der Waals surface area contributed by atoms with Crippen molar-refractivity contribution in [2.45, 2.75) is 199 Å². The zero-order chi connectivity index (χ0) is 62.3. The van der Waals surface area contributed by atoms with Gasteiger partial charge < -0.3 is 96.9 Å². The number of carbonyl (C=O) groups is 11. The first-order chi connectivity index (χ1) is 37.8. The number of carboxylic acids is 1. The summed E-state index contributed by atoms with van der Waals surface area (Å²) in [6.45, 7) is 13.6. The summed E-state index contributed by atoms with van der Waals surface area (Å²) in [6, 6.07) is -14.5. The summed E-state index contributed by atoms with van der Waals surface area (Å²) in [6.07, 6.45) is -1.32.